The maximum Gasteiger partial charge on any atom is 0.331 e. The van der Waals surface area contributed by atoms with Gasteiger partial charge in [0.15, 0.2) is 12.2 Å². The molecule has 0 aromatic heterocycles. The SMILES string of the molecule is O=C(O)/C=C/C(=O)OC(CO)C(O)C(CO)OC(=O)/C=C/C(=O)O. The second kappa shape index (κ2) is 10.9. The molecule has 134 valence electrons. The molecule has 0 aromatic rings. The number of aliphatic hydroxyl groups excluding tert-OH is 3. The number of carboxylic acids is 2. The summed E-state index contributed by atoms with van der Waals surface area (Å²) in [5.41, 5.74) is 0. The van der Waals surface area contributed by atoms with Crippen molar-refractivity contribution in [1.82, 2.24) is 0 Å². The van der Waals surface area contributed by atoms with E-state index in [2.05, 4.69) is 9.47 Å². The van der Waals surface area contributed by atoms with E-state index >= 15 is 0 Å². The van der Waals surface area contributed by atoms with Crippen LogP contribution in [-0.4, -0.2) is 80.9 Å². The van der Waals surface area contributed by atoms with Crippen LogP contribution in [0, 0.1) is 0 Å². The number of carbonyl (C=O) groups is 4. The predicted octanol–water partition coefficient (Wildman–Crippen LogP) is -2.56. The van der Waals surface area contributed by atoms with Gasteiger partial charge >= 0.3 is 23.9 Å². The molecule has 0 spiro atoms. The molecule has 0 radical (unpaired) electrons. The Balaban J connectivity index is 4.84. The zero-order chi connectivity index (χ0) is 18.7. The van der Waals surface area contributed by atoms with E-state index in [4.69, 9.17) is 20.4 Å². The van der Waals surface area contributed by atoms with E-state index in [9.17, 15) is 24.3 Å². The molecular weight excluding hydrogens is 332 g/mol. The van der Waals surface area contributed by atoms with Crippen molar-refractivity contribution in [3.05, 3.63) is 24.3 Å². The largest absolute Gasteiger partial charge is 0.478 e. The van der Waals surface area contributed by atoms with Gasteiger partial charge in [0.2, 0.25) is 0 Å². The Morgan fingerprint density at radius 2 is 1.08 bits per heavy atom. The first-order valence-corrected chi connectivity index (χ1v) is 6.34. The minimum absolute atomic E-state index is 0.462. The van der Waals surface area contributed by atoms with Crippen molar-refractivity contribution >= 4 is 23.9 Å². The summed E-state index contributed by atoms with van der Waals surface area (Å²) in [6.45, 7) is -1.85. The Morgan fingerprint density at radius 1 is 0.750 bits per heavy atom. The molecule has 0 aromatic carbocycles. The van der Waals surface area contributed by atoms with Gasteiger partial charge in [-0.05, 0) is 0 Å². The van der Waals surface area contributed by atoms with E-state index in [1.54, 1.807) is 0 Å². The van der Waals surface area contributed by atoms with Gasteiger partial charge in [-0.2, -0.15) is 0 Å². The Morgan fingerprint density at radius 3 is 1.33 bits per heavy atom. The van der Waals surface area contributed by atoms with Gasteiger partial charge in [0.1, 0.15) is 6.10 Å². The van der Waals surface area contributed by atoms with Gasteiger partial charge in [0.05, 0.1) is 13.2 Å². The van der Waals surface area contributed by atoms with Crippen molar-refractivity contribution in [3.8, 4) is 0 Å². The molecule has 2 atom stereocenters. The van der Waals surface area contributed by atoms with E-state index in [0.717, 1.165) is 0 Å². The van der Waals surface area contributed by atoms with Crippen molar-refractivity contribution in [3.63, 3.8) is 0 Å². The number of carbonyl (C=O) groups excluding carboxylic acids is 2. The van der Waals surface area contributed by atoms with Crippen molar-refractivity contribution < 1.29 is 54.2 Å². The maximum atomic E-state index is 11.3. The van der Waals surface area contributed by atoms with Gasteiger partial charge in [0.25, 0.3) is 0 Å². The smallest absolute Gasteiger partial charge is 0.331 e. The normalized spacial score (nSPS) is 15.0. The first-order valence-electron chi connectivity index (χ1n) is 6.34. The topological polar surface area (TPSA) is 188 Å². The van der Waals surface area contributed by atoms with Gasteiger partial charge < -0.3 is 35.0 Å². The molecule has 0 saturated carbocycles. The number of hydrogen-bond acceptors (Lipinski definition) is 9. The summed E-state index contributed by atoms with van der Waals surface area (Å²) >= 11 is 0. The highest BCUT2D eigenvalue weighted by Gasteiger charge is 2.32. The molecule has 0 saturated heterocycles. The molecule has 0 bridgehead atoms. The average Bonchev–Trinajstić information content (AvgIpc) is 2.52. The van der Waals surface area contributed by atoms with E-state index in [-0.39, 0.29) is 0 Å². The average molecular weight is 348 g/mol. The fraction of sp³-hybridized carbons (Fsp3) is 0.385. The van der Waals surface area contributed by atoms with Crippen LogP contribution in [0.3, 0.4) is 0 Å². The zero-order valence-electron chi connectivity index (χ0n) is 12.1. The lowest BCUT2D eigenvalue weighted by molar-refractivity contribution is -0.171. The zero-order valence-corrected chi connectivity index (χ0v) is 12.1. The Labute approximate surface area is 135 Å². The molecule has 0 aliphatic carbocycles. The van der Waals surface area contributed by atoms with E-state index < -0.39 is 55.4 Å². The van der Waals surface area contributed by atoms with Gasteiger partial charge in [-0.25, -0.2) is 19.2 Å². The van der Waals surface area contributed by atoms with Crippen LogP contribution >= 0.6 is 0 Å². The monoisotopic (exact) mass is 348 g/mol. The van der Waals surface area contributed by atoms with Crippen LogP contribution in [0.1, 0.15) is 0 Å². The Bertz CT molecular complexity index is 476. The standard InChI is InChI=1S/C13H16O11/c14-5-7(23-11(20)3-1-9(16)17)13(22)8(6-15)24-12(21)4-2-10(18)19/h1-4,7-8,13-15,22H,5-6H2,(H,16,17)(H,18,19)/b3-1+,4-2+. The molecule has 0 aliphatic rings. The molecular formula is C13H16O11. The number of ether oxygens (including phenoxy) is 2. The fourth-order valence-corrected chi connectivity index (χ4v) is 1.32. The molecule has 0 amide bonds. The highest BCUT2D eigenvalue weighted by atomic mass is 16.6. The summed E-state index contributed by atoms with van der Waals surface area (Å²) < 4.78 is 9.14. The molecule has 0 heterocycles. The minimum atomic E-state index is -1.86. The number of esters is 2. The summed E-state index contributed by atoms with van der Waals surface area (Å²) in [5, 5.41) is 44.7. The molecule has 5 N–H and O–H groups in total. The molecule has 11 heteroatoms. The predicted molar refractivity (Wildman–Crippen MR) is 73.5 cm³/mol. The quantitative estimate of drug-likeness (QED) is 0.206. The molecule has 2 unspecified atom stereocenters. The maximum absolute atomic E-state index is 11.3. The van der Waals surface area contributed by atoms with E-state index in [0.29, 0.717) is 24.3 Å². The fourth-order valence-electron chi connectivity index (χ4n) is 1.32. The molecule has 0 rings (SSSR count). The second-order valence-electron chi connectivity index (χ2n) is 4.15. The third-order valence-electron chi connectivity index (χ3n) is 2.38. The van der Waals surface area contributed by atoms with Crippen LogP contribution in [0.25, 0.3) is 0 Å². The molecule has 0 fully saturated rings. The minimum Gasteiger partial charge on any atom is -0.478 e. The Kier molecular flexibility index (Phi) is 9.63. The van der Waals surface area contributed by atoms with Gasteiger partial charge in [-0.1, -0.05) is 0 Å². The van der Waals surface area contributed by atoms with Crippen LogP contribution in [0.15, 0.2) is 24.3 Å². The summed E-state index contributed by atoms with van der Waals surface area (Å²) in [6, 6.07) is 0. The number of rotatable bonds is 10. The van der Waals surface area contributed by atoms with E-state index in [1.807, 2.05) is 0 Å². The first-order chi connectivity index (χ1) is 11.2. The van der Waals surface area contributed by atoms with Gasteiger partial charge in [0, 0.05) is 24.3 Å². The third-order valence-corrected chi connectivity index (χ3v) is 2.38. The molecule has 11 nitrogen and oxygen atoms in total. The number of carboxylic acid groups (broad SMARTS) is 2. The van der Waals surface area contributed by atoms with Crippen molar-refractivity contribution in [2.24, 2.45) is 0 Å². The van der Waals surface area contributed by atoms with Crippen LogP contribution in [-0.2, 0) is 28.7 Å². The van der Waals surface area contributed by atoms with Crippen LogP contribution in [0.2, 0.25) is 0 Å². The van der Waals surface area contributed by atoms with Crippen LogP contribution in [0.5, 0.6) is 0 Å². The van der Waals surface area contributed by atoms with Crippen molar-refractivity contribution in [2.45, 2.75) is 18.3 Å². The lowest BCUT2D eigenvalue weighted by Crippen LogP contribution is -2.46. The third kappa shape index (κ3) is 8.63. The molecule has 0 aliphatic heterocycles. The molecule has 24 heavy (non-hydrogen) atoms. The van der Waals surface area contributed by atoms with Gasteiger partial charge in [-0.15, -0.1) is 0 Å². The van der Waals surface area contributed by atoms with Gasteiger partial charge in [-0.3, -0.25) is 0 Å². The lowest BCUT2D eigenvalue weighted by atomic mass is 10.1. The number of aliphatic hydroxyl groups is 3. The second-order valence-corrected chi connectivity index (χ2v) is 4.15. The summed E-state index contributed by atoms with van der Waals surface area (Å²) in [4.78, 5) is 43.1. The van der Waals surface area contributed by atoms with Crippen molar-refractivity contribution in [1.29, 1.82) is 0 Å². The highest BCUT2D eigenvalue weighted by molar-refractivity contribution is 5.91. The van der Waals surface area contributed by atoms with Crippen LogP contribution in [0.4, 0.5) is 0 Å². The van der Waals surface area contributed by atoms with Crippen molar-refractivity contribution in [2.75, 3.05) is 13.2 Å². The highest BCUT2D eigenvalue weighted by Crippen LogP contribution is 2.09. The lowest BCUT2D eigenvalue weighted by Gasteiger charge is -2.26. The van der Waals surface area contributed by atoms with Crippen LogP contribution < -0.4 is 0 Å². The van der Waals surface area contributed by atoms with E-state index in [1.165, 1.54) is 0 Å². The number of aliphatic carboxylic acids is 2. The summed E-state index contributed by atoms with van der Waals surface area (Å²) in [5.74, 6) is -5.27. The summed E-state index contributed by atoms with van der Waals surface area (Å²) in [6.07, 6.45) is -3.16. The Hall–Kier alpha value is -2.76. The first kappa shape index (κ1) is 21.2. The summed E-state index contributed by atoms with van der Waals surface area (Å²) in [7, 11) is 0. The number of hydrogen-bond donors (Lipinski definition) is 5.